The second kappa shape index (κ2) is 13.3. The van der Waals surface area contributed by atoms with Crippen LogP contribution in [-0.4, -0.2) is 47.6 Å². The Morgan fingerprint density at radius 2 is 1.29 bits per heavy atom. The first kappa shape index (κ1) is 33.2. The molecule has 8 rings (SSSR count). The van der Waals surface area contributed by atoms with Gasteiger partial charge in [-0.15, -0.1) is 0 Å². The van der Waals surface area contributed by atoms with Crippen molar-refractivity contribution in [3.8, 4) is 34.1 Å². The zero-order valence-corrected chi connectivity index (χ0v) is 30.4. The molecule has 1 aliphatic carbocycles. The molecule has 1 atom stereocenters. The van der Waals surface area contributed by atoms with Crippen LogP contribution in [-0.2, 0) is 15.8 Å². The molecule has 51 heavy (non-hydrogen) atoms. The van der Waals surface area contributed by atoms with E-state index in [0.29, 0.717) is 0 Å². The molecule has 1 unspecified atom stereocenters. The Labute approximate surface area is 301 Å². The van der Waals surface area contributed by atoms with Crippen LogP contribution in [0.1, 0.15) is 67.3 Å². The molecule has 2 aliphatic heterocycles. The van der Waals surface area contributed by atoms with Gasteiger partial charge in [-0.2, -0.15) is 0 Å². The van der Waals surface area contributed by atoms with Crippen molar-refractivity contribution in [1.29, 1.82) is 0 Å². The van der Waals surface area contributed by atoms with Crippen molar-refractivity contribution < 1.29 is 23.7 Å². The largest absolute Gasteiger partial charge is 0.497 e. The van der Waals surface area contributed by atoms with Crippen molar-refractivity contribution in [3.05, 3.63) is 119 Å². The highest BCUT2D eigenvalue weighted by atomic mass is 16.5. The van der Waals surface area contributed by atoms with Gasteiger partial charge in [-0.05, 0) is 101 Å². The van der Waals surface area contributed by atoms with Crippen LogP contribution in [0.25, 0.3) is 28.0 Å². The molecule has 0 N–H and O–H groups in total. The number of morpholine rings is 1. The van der Waals surface area contributed by atoms with Gasteiger partial charge in [0.25, 0.3) is 0 Å². The Morgan fingerprint density at radius 1 is 0.686 bits per heavy atom. The summed E-state index contributed by atoms with van der Waals surface area (Å²) in [5.41, 5.74) is 8.65. The fourth-order valence-electron chi connectivity index (χ4n) is 8.98. The molecule has 1 fully saturated rings. The summed E-state index contributed by atoms with van der Waals surface area (Å²) in [7, 11) is 5.20. The summed E-state index contributed by atoms with van der Waals surface area (Å²) in [5, 5.41) is 2.22. The average Bonchev–Trinajstić information content (AvgIpc) is 3.47. The van der Waals surface area contributed by atoms with Gasteiger partial charge in [0.1, 0.15) is 23.0 Å². The number of hydrogen-bond acceptors (Lipinski definition) is 6. The molecule has 0 bridgehead atoms. The van der Waals surface area contributed by atoms with Crippen LogP contribution in [0.3, 0.4) is 0 Å². The quantitative estimate of drug-likeness (QED) is 0.146. The maximum atomic E-state index is 7.64. The fraction of sp³-hybridized carbons (Fsp3) is 0.333. The smallest absolute Gasteiger partial charge is 0.178 e. The maximum Gasteiger partial charge on any atom is 0.178 e. The molecule has 6 heteroatoms. The van der Waals surface area contributed by atoms with E-state index in [4.69, 9.17) is 23.7 Å². The van der Waals surface area contributed by atoms with E-state index < -0.39 is 5.60 Å². The van der Waals surface area contributed by atoms with E-state index >= 15 is 0 Å². The lowest BCUT2D eigenvalue weighted by Crippen LogP contribution is -2.37. The number of ether oxygens (including phenoxy) is 5. The van der Waals surface area contributed by atoms with Crippen molar-refractivity contribution in [2.75, 3.05) is 52.5 Å². The van der Waals surface area contributed by atoms with E-state index in [1.54, 1.807) is 21.3 Å². The monoisotopic (exact) mass is 681 g/mol. The first-order chi connectivity index (χ1) is 25.0. The Hall–Kier alpha value is -4.94. The van der Waals surface area contributed by atoms with E-state index in [2.05, 4.69) is 104 Å². The zero-order chi connectivity index (χ0) is 35.2. The van der Waals surface area contributed by atoms with Crippen LogP contribution in [0.15, 0.2) is 91.0 Å². The molecule has 2 heterocycles. The third-order valence-corrected chi connectivity index (χ3v) is 11.3. The summed E-state index contributed by atoms with van der Waals surface area (Å²) >= 11 is 0. The Bertz CT molecular complexity index is 2090. The van der Waals surface area contributed by atoms with Gasteiger partial charge in [0, 0.05) is 46.3 Å². The van der Waals surface area contributed by atoms with E-state index in [1.165, 1.54) is 33.3 Å². The standard InChI is InChI=1S/C45H47NO5/c1-6-21-44(22-7-2)40-29-35(49-5)17-19-37(40)41-36-18-16-34(48-4)28-39(36)43-38(42(41)44)20-23-45(51-43,31-10-14-33(47-3)15-11-31)30-8-12-32(13-9-30)46-24-26-50-27-25-46/h8-20,23,28-29H,6-7,21-22,24-27H2,1-5H3. The summed E-state index contributed by atoms with van der Waals surface area (Å²) in [5.74, 6) is 3.38. The second-order valence-electron chi connectivity index (χ2n) is 13.9. The normalized spacial score (nSPS) is 18.5. The Balaban J connectivity index is 1.40. The minimum Gasteiger partial charge on any atom is -0.497 e. The minimum absolute atomic E-state index is 0.186. The predicted octanol–water partition coefficient (Wildman–Crippen LogP) is 9.92. The first-order valence-electron chi connectivity index (χ1n) is 18.3. The van der Waals surface area contributed by atoms with Crippen LogP contribution < -0.4 is 23.8 Å². The van der Waals surface area contributed by atoms with Crippen molar-refractivity contribution in [2.24, 2.45) is 0 Å². The highest BCUT2D eigenvalue weighted by Gasteiger charge is 2.48. The van der Waals surface area contributed by atoms with E-state index in [-0.39, 0.29) is 5.41 Å². The number of hydrogen-bond donors (Lipinski definition) is 0. The van der Waals surface area contributed by atoms with Crippen molar-refractivity contribution in [3.63, 3.8) is 0 Å². The van der Waals surface area contributed by atoms with Crippen LogP contribution in [0, 0.1) is 0 Å². The topological polar surface area (TPSA) is 49.4 Å². The van der Waals surface area contributed by atoms with Crippen molar-refractivity contribution in [2.45, 2.75) is 50.5 Å². The number of methoxy groups -OCH3 is 3. The highest BCUT2D eigenvalue weighted by Crippen LogP contribution is 2.61. The number of benzene rings is 5. The molecule has 5 aromatic carbocycles. The lowest BCUT2D eigenvalue weighted by atomic mass is 9.69. The third kappa shape index (κ3) is 5.26. The molecule has 5 aromatic rings. The predicted molar refractivity (Wildman–Crippen MR) is 206 cm³/mol. The molecule has 0 spiro atoms. The van der Waals surface area contributed by atoms with Crippen LogP contribution in [0.2, 0.25) is 0 Å². The number of nitrogens with zero attached hydrogens (tertiary/aromatic N) is 1. The molecule has 0 saturated carbocycles. The van der Waals surface area contributed by atoms with Gasteiger partial charge in [-0.1, -0.05) is 63.1 Å². The Morgan fingerprint density at radius 3 is 1.94 bits per heavy atom. The zero-order valence-electron chi connectivity index (χ0n) is 30.4. The van der Waals surface area contributed by atoms with Gasteiger partial charge in [-0.3, -0.25) is 0 Å². The van der Waals surface area contributed by atoms with E-state index in [0.717, 1.165) is 97.1 Å². The molecule has 262 valence electrons. The third-order valence-electron chi connectivity index (χ3n) is 11.3. The summed E-state index contributed by atoms with van der Waals surface area (Å²) < 4.78 is 30.5. The SMILES string of the molecule is CCCC1(CCC)c2cc(OC)ccc2-c2c1c1c(c3cc(OC)ccc23)OC(c2ccc(OC)cc2)(c2ccc(N3CCOCC3)cc2)C=C1. The van der Waals surface area contributed by atoms with Gasteiger partial charge in [0.2, 0.25) is 0 Å². The summed E-state index contributed by atoms with van der Waals surface area (Å²) in [6.07, 6.45) is 8.80. The molecule has 0 amide bonds. The molecule has 1 saturated heterocycles. The molecule has 0 radical (unpaired) electrons. The Kier molecular flexibility index (Phi) is 8.67. The fourth-order valence-corrected chi connectivity index (χ4v) is 8.98. The lowest BCUT2D eigenvalue weighted by molar-refractivity contribution is 0.122. The van der Waals surface area contributed by atoms with Crippen LogP contribution >= 0.6 is 0 Å². The van der Waals surface area contributed by atoms with Crippen LogP contribution in [0.4, 0.5) is 5.69 Å². The molecular weight excluding hydrogens is 634 g/mol. The first-order valence-corrected chi connectivity index (χ1v) is 18.3. The molecule has 6 nitrogen and oxygen atoms in total. The second-order valence-corrected chi connectivity index (χ2v) is 13.9. The van der Waals surface area contributed by atoms with Crippen LogP contribution in [0.5, 0.6) is 23.0 Å². The summed E-state index contributed by atoms with van der Waals surface area (Å²) in [4.78, 5) is 2.39. The molecular formula is C45H47NO5. The average molecular weight is 682 g/mol. The van der Waals surface area contributed by atoms with Crippen molar-refractivity contribution >= 4 is 22.5 Å². The van der Waals surface area contributed by atoms with Gasteiger partial charge in [0.05, 0.1) is 34.5 Å². The van der Waals surface area contributed by atoms with Crippen molar-refractivity contribution in [1.82, 2.24) is 0 Å². The number of fused-ring (bicyclic) bond motifs is 8. The lowest BCUT2D eigenvalue weighted by Gasteiger charge is -2.40. The van der Waals surface area contributed by atoms with E-state index in [1.807, 2.05) is 12.1 Å². The molecule has 3 aliphatic rings. The van der Waals surface area contributed by atoms with Gasteiger partial charge >= 0.3 is 0 Å². The van der Waals surface area contributed by atoms with E-state index in [9.17, 15) is 0 Å². The maximum absolute atomic E-state index is 7.64. The van der Waals surface area contributed by atoms with Gasteiger partial charge < -0.3 is 28.6 Å². The summed E-state index contributed by atoms with van der Waals surface area (Å²) in [6.45, 7) is 7.86. The highest BCUT2D eigenvalue weighted by molar-refractivity contribution is 6.09. The van der Waals surface area contributed by atoms with Gasteiger partial charge in [0.15, 0.2) is 5.60 Å². The number of rotatable bonds is 10. The number of anilines is 1. The molecule has 0 aromatic heterocycles. The summed E-state index contributed by atoms with van der Waals surface area (Å²) in [6, 6.07) is 30.3. The van der Waals surface area contributed by atoms with Gasteiger partial charge in [-0.25, -0.2) is 0 Å². The minimum atomic E-state index is -0.889.